The third-order valence-electron chi connectivity index (χ3n) is 2.86. The number of carbonyl (C=O) groups excluding carboxylic acids is 1. The average Bonchev–Trinajstić information content (AvgIpc) is 2.25. The number of carboxylic acids is 1. The fourth-order valence-electron chi connectivity index (χ4n) is 1.89. The highest BCUT2D eigenvalue weighted by atomic mass is 16.5. The zero-order valence-corrected chi connectivity index (χ0v) is 10.5. The van der Waals surface area contributed by atoms with E-state index >= 15 is 0 Å². The highest BCUT2D eigenvalue weighted by molar-refractivity contribution is 5.83. The summed E-state index contributed by atoms with van der Waals surface area (Å²) in [5, 5.41) is 23.0. The molecule has 4 atom stereocenters. The zero-order valence-electron chi connectivity index (χ0n) is 10.5. The van der Waals surface area contributed by atoms with E-state index in [-0.39, 0.29) is 12.1 Å². The summed E-state index contributed by atoms with van der Waals surface area (Å²) in [5.41, 5.74) is 0. The van der Waals surface area contributed by atoms with Crippen LogP contribution in [0.3, 0.4) is 0 Å². The molecule has 0 radical (unpaired) electrons. The highest BCUT2D eigenvalue weighted by Crippen LogP contribution is 2.12. The molecular formula is C11H20N2O5. The van der Waals surface area contributed by atoms with Gasteiger partial charge in [-0.1, -0.05) is 0 Å². The van der Waals surface area contributed by atoms with Crippen molar-refractivity contribution < 1.29 is 24.5 Å². The molecule has 0 aromatic heterocycles. The molecule has 7 nitrogen and oxygen atoms in total. The average molecular weight is 260 g/mol. The van der Waals surface area contributed by atoms with Crippen LogP contribution in [0, 0.1) is 0 Å². The number of aliphatic hydroxyl groups is 1. The molecule has 4 N–H and O–H groups in total. The van der Waals surface area contributed by atoms with Crippen molar-refractivity contribution in [3.8, 4) is 0 Å². The van der Waals surface area contributed by atoms with Crippen molar-refractivity contribution in [1.29, 1.82) is 0 Å². The molecule has 1 saturated heterocycles. The van der Waals surface area contributed by atoms with Crippen molar-refractivity contribution in [2.24, 2.45) is 0 Å². The second-order valence-corrected chi connectivity index (χ2v) is 4.58. The van der Waals surface area contributed by atoms with E-state index in [0.717, 1.165) is 0 Å². The Hall–Kier alpha value is -1.34. The van der Waals surface area contributed by atoms with Crippen LogP contribution < -0.4 is 10.6 Å². The topological polar surface area (TPSA) is 108 Å². The summed E-state index contributed by atoms with van der Waals surface area (Å²) in [4.78, 5) is 22.4. The first-order valence-electron chi connectivity index (χ1n) is 5.99. The van der Waals surface area contributed by atoms with Gasteiger partial charge in [0, 0.05) is 12.6 Å². The molecule has 0 aromatic carbocycles. The predicted octanol–water partition coefficient (Wildman–Crippen LogP) is -0.313. The van der Waals surface area contributed by atoms with Crippen molar-refractivity contribution in [2.75, 3.05) is 6.61 Å². The lowest BCUT2D eigenvalue weighted by Crippen LogP contribution is -2.54. The van der Waals surface area contributed by atoms with E-state index in [4.69, 9.17) is 9.84 Å². The van der Waals surface area contributed by atoms with Gasteiger partial charge in [-0.15, -0.1) is 0 Å². The van der Waals surface area contributed by atoms with Crippen LogP contribution in [0.25, 0.3) is 0 Å². The summed E-state index contributed by atoms with van der Waals surface area (Å²) in [6.07, 6.45) is 0.322. The Bertz CT molecular complexity index is 308. The first-order valence-corrected chi connectivity index (χ1v) is 5.99. The maximum absolute atomic E-state index is 11.6. The van der Waals surface area contributed by atoms with Gasteiger partial charge in [0.1, 0.15) is 0 Å². The van der Waals surface area contributed by atoms with Crippen LogP contribution in [0.15, 0.2) is 0 Å². The molecule has 18 heavy (non-hydrogen) atoms. The summed E-state index contributed by atoms with van der Waals surface area (Å²) in [5.74, 6) is -1.26. The van der Waals surface area contributed by atoms with Crippen LogP contribution in [-0.4, -0.2) is 53.1 Å². The van der Waals surface area contributed by atoms with Crippen LogP contribution in [0.2, 0.25) is 0 Å². The van der Waals surface area contributed by atoms with E-state index in [9.17, 15) is 14.7 Å². The molecule has 0 spiro atoms. The number of nitrogens with one attached hydrogen (secondary N) is 2. The maximum atomic E-state index is 11.6. The van der Waals surface area contributed by atoms with Crippen LogP contribution in [-0.2, 0) is 9.53 Å². The van der Waals surface area contributed by atoms with Gasteiger partial charge in [-0.2, -0.15) is 0 Å². The van der Waals surface area contributed by atoms with E-state index < -0.39 is 24.1 Å². The van der Waals surface area contributed by atoms with E-state index in [1.165, 1.54) is 6.92 Å². The summed E-state index contributed by atoms with van der Waals surface area (Å²) in [6, 6.07) is -1.91. The largest absolute Gasteiger partial charge is 0.480 e. The van der Waals surface area contributed by atoms with E-state index in [2.05, 4.69) is 10.6 Å². The Morgan fingerprint density at radius 2 is 2.11 bits per heavy atom. The first kappa shape index (κ1) is 14.7. The predicted molar refractivity (Wildman–Crippen MR) is 63.2 cm³/mol. The minimum absolute atomic E-state index is 0.0304. The number of aliphatic hydroxyl groups excluding tert-OH is 1. The second kappa shape index (κ2) is 6.55. The van der Waals surface area contributed by atoms with Gasteiger partial charge in [0.05, 0.1) is 12.2 Å². The van der Waals surface area contributed by atoms with Crippen molar-refractivity contribution in [2.45, 2.75) is 51.0 Å². The minimum atomic E-state index is -1.30. The molecule has 0 aliphatic carbocycles. The standard InChI is InChI=1S/C11H20N2O5/c1-6-5-8(3-4-18-6)12-11(17)13-9(7(2)14)10(15)16/h6-9,14H,3-5H2,1-2H3,(H,15,16)(H2,12,13,17)/t6?,7-,8?,9+/m1/s1. The quantitative estimate of drug-likeness (QED) is 0.554. The first-order chi connectivity index (χ1) is 8.40. The number of aliphatic carboxylic acids is 1. The number of rotatable bonds is 4. The van der Waals surface area contributed by atoms with Crippen molar-refractivity contribution >= 4 is 12.0 Å². The minimum Gasteiger partial charge on any atom is -0.480 e. The third-order valence-corrected chi connectivity index (χ3v) is 2.86. The van der Waals surface area contributed by atoms with E-state index in [1.807, 2.05) is 6.92 Å². The lowest BCUT2D eigenvalue weighted by atomic mass is 10.0. The van der Waals surface area contributed by atoms with Crippen molar-refractivity contribution in [3.63, 3.8) is 0 Å². The Kier molecular flexibility index (Phi) is 5.36. The number of ether oxygens (including phenoxy) is 1. The summed E-state index contributed by atoms with van der Waals surface area (Å²) in [7, 11) is 0. The summed E-state index contributed by atoms with van der Waals surface area (Å²) < 4.78 is 5.34. The number of hydrogen-bond donors (Lipinski definition) is 4. The molecule has 2 unspecified atom stereocenters. The fourth-order valence-corrected chi connectivity index (χ4v) is 1.89. The molecule has 0 bridgehead atoms. The zero-order chi connectivity index (χ0) is 13.7. The number of hydrogen-bond acceptors (Lipinski definition) is 4. The Labute approximate surface area is 106 Å². The monoisotopic (exact) mass is 260 g/mol. The van der Waals surface area contributed by atoms with E-state index in [1.54, 1.807) is 0 Å². The molecule has 1 aliphatic heterocycles. The van der Waals surface area contributed by atoms with Gasteiger partial charge < -0.3 is 25.6 Å². The van der Waals surface area contributed by atoms with Crippen LogP contribution >= 0.6 is 0 Å². The maximum Gasteiger partial charge on any atom is 0.328 e. The van der Waals surface area contributed by atoms with Gasteiger partial charge in [-0.25, -0.2) is 9.59 Å². The molecule has 1 aliphatic rings. The molecule has 7 heteroatoms. The molecule has 0 saturated carbocycles. The lowest BCUT2D eigenvalue weighted by Gasteiger charge is -2.28. The number of carbonyl (C=O) groups is 2. The Balaban J connectivity index is 2.42. The summed E-state index contributed by atoms with van der Waals surface area (Å²) >= 11 is 0. The van der Waals surface area contributed by atoms with Gasteiger partial charge in [-0.3, -0.25) is 0 Å². The van der Waals surface area contributed by atoms with Gasteiger partial charge in [0.2, 0.25) is 0 Å². The molecular weight excluding hydrogens is 240 g/mol. The van der Waals surface area contributed by atoms with Gasteiger partial charge in [0.15, 0.2) is 6.04 Å². The number of amides is 2. The molecule has 1 rings (SSSR count). The van der Waals surface area contributed by atoms with Crippen LogP contribution in [0.1, 0.15) is 26.7 Å². The van der Waals surface area contributed by atoms with Crippen LogP contribution in [0.4, 0.5) is 4.79 Å². The normalized spacial score (nSPS) is 27.1. The number of urea groups is 1. The van der Waals surface area contributed by atoms with Gasteiger partial charge >= 0.3 is 12.0 Å². The van der Waals surface area contributed by atoms with Gasteiger partial charge in [-0.05, 0) is 26.7 Å². The summed E-state index contributed by atoms with van der Waals surface area (Å²) in [6.45, 7) is 3.81. The molecule has 1 fully saturated rings. The lowest BCUT2D eigenvalue weighted by molar-refractivity contribution is -0.141. The Morgan fingerprint density at radius 3 is 2.61 bits per heavy atom. The second-order valence-electron chi connectivity index (χ2n) is 4.58. The molecule has 2 amide bonds. The number of carboxylic acid groups (broad SMARTS) is 1. The molecule has 1 heterocycles. The fraction of sp³-hybridized carbons (Fsp3) is 0.818. The van der Waals surface area contributed by atoms with Crippen LogP contribution in [0.5, 0.6) is 0 Å². The van der Waals surface area contributed by atoms with Crippen molar-refractivity contribution in [1.82, 2.24) is 10.6 Å². The van der Waals surface area contributed by atoms with Crippen molar-refractivity contribution in [3.05, 3.63) is 0 Å². The Morgan fingerprint density at radius 1 is 1.44 bits per heavy atom. The highest BCUT2D eigenvalue weighted by Gasteiger charge is 2.27. The SMILES string of the molecule is CC1CC(NC(=O)N[C@H](C(=O)O)[C@@H](C)O)CCO1. The molecule has 104 valence electrons. The van der Waals surface area contributed by atoms with E-state index in [0.29, 0.717) is 19.4 Å². The van der Waals surface area contributed by atoms with Gasteiger partial charge in [0.25, 0.3) is 0 Å². The smallest absolute Gasteiger partial charge is 0.328 e. The third kappa shape index (κ3) is 4.50. The molecule has 0 aromatic rings.